The average molecular weight is 344 g/mol. The van der Waals surface area contributed by atoms with E-state index < -0.39 is 0 Å². The molecule has 4 nitrogen and oxygen atoms in total. The summed E-state index contributed by atoms with van der Waals surface area (Å²) in [6.07, 6.45) is 2.00. The van der Waals surface area contributed by atoms with Crippen LogP contribution in [0.15, 0.2) is 48.5 Å². The van der Waals surface area contributed by atoms with Crippen LogP contribution >= 0.6 is 12.2 Å². The summed E-state index contributed by atoms with van der Waals surface area (Å²) in [5, 5.41) is 6.82. The molecule has 1 aliphatic rings. The molecule has 0 aromatic heterocycles. The van der Waals surface area contributed by atoms with Crippen molar-refractivity contribution in [3.63, 3.8) is 0 Å². The molecule has 0 bridgehead atoms. The number of hydrogen-bond donors (Lipinski definition) is 2. The number of halogens is 1. The lowest BCUT2D eigenvalue weighted by atomic mass is 10.0. The van der Waals surface area contributed by atoms with Crippen molar-refractivity contribution >= 4 is 23.0 Å². The summed E-state index contributed by atoms with van der Waals surface area (Å²) in [6, 6.07) is 11.9. The molecule has 3 rings (SSSR count). The van der Waals surface area contributed by atoms with Crippen molar-refractivity contribution in [1.29, 1.82) is 0 Å². The van der Waals surface area contributed by atoms with Gasteiger partial charge in [0.15, 0.2) is 16.6 Å². The number of benzene rings is 2. The lowest BCUT2D eigenvalue weighted by Crippen LogP contribution is -2.40. The van der Waals surface area contributed by atoms with Gasteiger partial charge in [-0.25, -0.2) is 4.39 Å². The highest BCUT2D eigenvalue weighted by Gasteiger charge is 2.20. The SMILES string of the molecule is COc1ccc([C@H]2C=C(c3ccc(F)cc3)NC(=S)N2)cc1OC. The maximum absolute atomic E-state index is 13.1. The van der Waals surface area contributed by atoms with E-state index in [0.29, 0.717) is 16.6 Å². The van der Waals surface area contributed by atoms with Gasteiger partial charge < -0.3 is 20.1 Å². The molecular weight excluding hydrogens is 327 g/mol. The summed E-state index contributed by atoms with van der Waals surface area (Å²) in [6.45, 7) is 0. The van der Waals surface area contributed by atoms with Crippen LogP contribution in [0.4, 0.5) is 4.39 Å². The van der Waals surface area contributed by atoms with Crippen molar-refractivity contribution in [3.8, 4) is 11.5 Å². The van der Waals surface area contributed by atoms with Crippen molar-refractivity contribution < 1.29 is 13.9 Å². The Morgan fingerprint density at radius 1 is 1.00 bits per heavy atom. The van der Waals surface area contributed by atoms with Gasteiger partial charge in [-0.05, 0) is 65.8 Å². The Morgan fingerprint density at radius 3 is 2.38 bits per heavy atom. The fourth-order valence-corrected chi connectivity index (χ4v) is 2.81. The molecule has 124 valence electrons. The first-order valence-corrected chi connectivity index (χ1v) is 7.78. The van der Waals surface area contributed by atoms with Crippen molar-refractivity contribution in [3.05, 3.63) is 65.5 Å². The maximum Gasteiger partial charge on any atom is 0.171 e. The van der Waals surface area contributed by atoms with Gasteiger partial charge in [0.2, 0.25) is 0 Å². The first-order chi connectivity index (χ1) is 11.6. The Kier molecular flexibility index (Phi) is 4.66. The quantitative estimate of drug-likeness (QED) is 0.832. The normalized spacial score (nSPS) is 16.7. The van der Waals surface area contributed by atoms with E-state index in [4.69, 9.17) is 21.7 Å². The molecule has 1 heterocycles. The molecular formula is C18H17FN2O2S. The number of rotatable bonds is 4. The third kappa shape index (κ3) is 3.33. The molecule has 0 saturated carbocycles. The predicted molar refractivity (Wildman–Crippen MR) is 95.5 cm³/mol. The lowest BCUT2D eigenvalue weighted by molar-refractivity contribution is 0.354. The molecule has 2 aromatic rings. The highest BCUT2D eigenvalue weighted by molar-refractivity contribution is 7.80. The standard InChI is InChI=1S/C18H17FN2O2S/c1-22-16-8-5-12(9-17(16)23-2)15-10-14(20-18(24)21-15)11-3-6-13(19)7-4-11/h3-10,15H,1-2H3,(H2,20,21,24)/t15-/m1/s1. The number of thiocarbonyl (C=S) groups is 1. The first-order valence-electron chi connectivity index (χ1n) is 7.38. The minimum Gasteiger partial charge on any atom is -0.493 e. The zero-order valence-electron chi connectivity index (χ0n) is 13.3. The van der Waals surface area contributed by atoms with E-state index in [-0.39, 0.29) is 11.9 Å². The van der Waals surface area contributed by atoms with Crippen LogP contribution in [0.5, 0.6) is 11.5 Å². The van der Waals surface area contributed by atoms with Crippen molar-refractivity contribution in [2.24, 2.45) is 0 Å². The van der Waals surface area contributed by atoms with Crippen LogP contribution in [-0.4, -0.2) is 19.3 Å². The van der Waals surface area contributed by atoms with Crippen LogP contribution < -0.4 is 20.1 Å². The smallest absolute Gasteiger partial charge is 0.171 e. The molecule has 0 aliphatic carbocycles. The molecule has 0 amide bonds. The Morgan fingerprint density at radius 2 is 1.71 bits per heavy atom. The third-order valence-corrected chi connectivity index (χ3v) is 4.01. The van der Waals surface area contributed by atoms with Gasteiger partial charge in [-0.15, -0.1) is 0 Å². The minimum atomic E-state index is -0.271. The molecule has 2 N–H and O–H groups in total. The average Bonchev–Trinajstić information content (AvgIpc) is 2.61. The van der Waals surface area contributed by atoms with Gasteiger partial charge >= 0.3 is 0 Å². The van der Waals surface area contributed by atoms with Gasteiger partial charge in [-0.2, -0.15) is 0 Å². The van der Waals surface area contributed by atoms with Gasteiger partial charge in [-0.1, -0.05) is 6.07 Å². The number of methoxy groups -OCH3 is 2. The van der Waals surface area contributed by atoms with E-state index >= 15 is 0 Å². The zero-order valence-corrected chi connectivity index (χ0v) is 14.1. The van der Waals surface area contributed by atoms with E-state index in [1.54, 1.807) is 26.4 Å². The number of hydrogen-bond acceptors (Lipinski definition) is 3. The first kappa shape index (κ1) is 16.3. The lowest BCUT2D eigenvalue weighted by Gasteiger charge is -2.26. The summed E-state index contributed by atoms with van der Waals surface area (Å²) in [5.74, 6) is 1.05. The van der Waals surface area contributed by atoms with Crippen LogP contribution in [0, 0.1) is 5.82 Å². The van der Waals surface area contributed by atoms with Gasteiger partial charge in [-0.3, -0.25) is 0 Å². The Balaban J connectivity index is 1.96. The van der Waals surface area contributed by atoms with Gasteiger partial charge in [0, 0.05) is 5.70 Å². The number of nitrogens with one attached hydrogen (secondary N) is 2. The van der Waals surface area contributed by atoms with Gasteiger partial charge in [0.25, 0.3) is 0 Å². The van der Waals surface area contributed by atoms with Crippen LogP contribution in [0.2, 0.25) is 0 Å². The monoisotopic (exact) mass is 344 g/mol. The van der Waals surface area contributed by atoms with E-state index in [1.807, 2.05) is 24.3 Å². The molecule has 1 aliphatic heterocycles. The summed E-state index contributed by atoms with van der Waals surface area (Å²) in [4.78, 5) is 0. The second-order valence-electron chi connectivity index (χ2n) is 5.28. The Labute approximate surface area is 145 Å². The minimum absolute atomic E-state index is 0.126. The van der Waals surface area contributed by atoms with E-state index in [1.165, 1.54) is 12.1 Å². The molecule has 24 heavy (non-hydrogen) atoms. The molecule has 0 fully saturated rings. The summed E-state index contributed by atoms with van der Waals surface area (Å²) in [7, 11) is 3.20. The molecule has 0 unspecified atom stereocenters. The third-order valence-electron chi connectivity index (χ3n) is 3.79. The van der Waals surface area contributed by atoms with Crippen LogP contribution in [0.25, 0.3) is 5.70 Å². The van der Waals surface area contributed by atoms with E-state index in [2.05, 4.69) is 10.6 Å². The fraction of sp³-hybridized carbons (Fsp3) is 0.167. The fourth-order valence-electron chi connectivity index (χ4n) is 2.57. The summed E-state index contributed by atoms with van der Waals surface area (Å²) in [5.41, 5.74) is 2.68. The number of ether oxygens (including phenoxy) is 2. The van der Waals surface area contributed by atoms with E-state index in [9.17, 15) is 4.39 Å². The second-order valence-corrected chi connectivity index (χ2v) is 5.69. The van der Waals surface area contributed by atoms with Gasteiger partial charge in [0.1, 0.15) is 5.82 Å². The topological polar surface area (TPSA) is 42.5 Å². The molecule has 1 atom stereocenters. The van der Waals surface area contributed by atoms with Crippen molar-refractivity contribution in [2.75, 3.05) is 14.2 Å². The van der Waals surface area contributed by atoms with Gasteiger partial charge in [0.05, 0.1) is 20.3 Å². The highest BCUT2D eigenvalue weighted by Crippen LogP contribution is 2.32. The highest BCUT2D eigenvalue weighted by atomic mass is 32.1. The van der Waals surface area contributed by atoms with Crippen LogP contribution in [0.1, 0.15) is 17.2 Å². The molecule has 6 heteroatoms. The van der Waals surface area contributed by atoms with Crippen LogP contribution in [-0.2, 0) is 0 Å². The largest absolute Gasteiger partial charge is 0.493 e. The maximum atomic E-state index is 13.1. The van der Waals surface area contributed by atoms with Crippen molar-refractivity contribution in [2.45, 2.75) is 6.04 Å². The van der Waals surface area contributed by atoms with E-state index in [0.717, 1.165) is 16.8 Å². The summed E-state index contributed by atoms with van der Waals surface area (Å²) >= 11 is 5.30. The molecule has 0 radical (unpaired) electrons. The Bertz CT molecular complexity index is 790. The second kappa shape index (κ2) is 6.88. The van der Waals surface area contributed by atoms with Crippen molar-refractivity contribution in [1.82, 2.24) is 10.6 Å². The predicted octanol–water partition coefficient (Wildman–Crippen LogP) is 3.40. The zero-order chi connectivity index (χ0) is 17.1. The molecule has 2 aromatic carbocycles. The van der Waals surface area contributed by atoms with Crippen LogP contribution in [0.3, 0.4) is 0 Å². The Hall–Kier alpha value is -2.60. The molecule has 0 saturated heterocycles. The molecule has 0 spiro atoms. The summed E-state index contributed by atoms with van der Waals surface area (Å²) < 4.78 is 23.7.